The minimum Gasteiger partial charge on any atom is -0.497 e. The van der Waals surface area contributed by atoms with Crippen LogP contribution >= 0.6 is 12.2 Å². The number of aromatic nitrogens is 2. The standard InChI is InChI=1S/C19H14N4O3S/c1-26-12-7-5-11(6-8-12)16-20-14(15-4-2-3-9-23(15)16)10-13-17(24)21-19(27)22-18(13)25/h2-10H,1H3,(H2,21,22,24,25,27). The molecule has 1 fully saturated rings. The number of amides is 2. The molecule has 1 aliphatic rings. The molecule has 4 rings (SSSR count). The number of benzene rings is 1. The number of fused-ring (bicyclic) bond motifs is 1. The van der Waals surface area contributed by atoms with Crippen LogP contribution in [0.4, 0.5) is 0 Å². The number of hydrogen-bond donors (Lipinski definition) is 2. The molecule has 0 aliphatic carbocycles. The lowest BCUT2D eigenvalue weighted by Gasteiger charge is -2.15. The van der Waals surface area contributed by atoms with Crippen LogP contribution in [0.25, 0.3) is 23.0 Å². The highest BCUT2D eigenvalue weighted by Crippen LogP contribution is 2.26. The molecular weight excluding hydrogens is 364 g/mol. The molecule has 0 unspecified atom stereocenters. The summed E-state index contributed by atoms with van der Waals surface area (Å²) in [5.74, 6) is 0.333. The molecular formula is C19H14N4O3S. The first-order valence-corrected chi connectivity index (χ1v) is 8.47. The van der Waals surface area contributed by atoms with Gasteiger partial charge in [0, 0.05) is 11.8 Å². The van der Waals surface area contributed by atoms with Gasteiger partial charge in [0.1, 0.15) is 17.1 Å². The van der Waals surface area contributed by atoms with E-state index in [4.69, 9.17) is 17.0 Å². The summed E-state index contributed by atoms with van der Waals surface area (Å²) in [6, 6.07) is 13.1. The smallest absolute Gasteiger partial charge is 0.263 e. The van der Waals surface area contributed by atoms with Gasteiger partial charge in [-0.1, -0.05) is 6.07 Å². The molecule has 0 spiro atoms. The van der Waals surface area contributed by atoms with Crippen LogP contribution in [-0.2, 0) is 9.59 Å². The summed E-state index contributed by atoms with van der Waals surface area (Å²) >= 11 is 4.82. The first-order valence-electron chi connectivity index (χ1n) is 8.06. The lowest BCUT2D eigenvalue weighted by atomic mass is 10.1. The first-order chi connectivity index (χ1) is 13.1. The third-order valence-corrected chi connectivity index (χ3v) is 4.35. The molecule has 3 aromatic rings. The molecule has 0 saturated carbocycles. The van der Waals surface area contributed by atoms with Gasteiger partial charge in [0.25, 0.3) is 11.8 Å². The monoisotopic (exact) mass is 378 g/mol. The quantitative estimate of drug-likeness (QED) is 0.413. The van der Waals surface area contributed by atoms with E-state index in [-0.39, 0.29) is 10.7 Å². The van der Waals surface area contributed by atoms with Crippen molar-refractivity contribution < 1.29 is 14.3 Å². The summed E-state index contributed by atoms with van der Waals surface area (Å²) in [5.41, 5.74) is 2.10. The van der Waals surface area contributed by atoms with Crippen molar-refractivity contribution >= 4 is 40.7 Å². The van der Waals surface area contributed by atoms with Crippen molar-refractivity contribution in [2.75, 3.05) is 7.11 Å². The van der Waals surface area contributed by atoms with Gasteiger partial charge in [-0.2, -0.15) is 0 Å². The fourth-order valence-electron chi connectivity index (χ4n) is 2.85. The largest absolute Gasteiger partial charge is 0.497 e. The highest BCUT2D eigenvalue weighted by atomic mass is 32.1. The van der Waals surface area contributed by atoms with Gasteiger partial charge < -0.3 is 4.74 Å². The van der Waals surface area contributed by atoms with E-state index in [1.807, 2.05) is 53.1 Å². The van der Waals surface area contributed by atoms with Crippen molar-refractivity contribution in [3.8, 4) is 17.1 Å². The zero-order valence-electron chi connectivity index (χ0n) is 14.2. The number of carbonyl (C=O) groups is 2. The van der Waals surface area contributed by atoms with E-state index in [0.717, 1.165) is 16.8 Å². The van der Waals surface area contributed by atoms with E-state index < -0.39 is 11.8 Å². The SMILES string of the molecule is COc1ccc(-c2nc(C=C3C(=O)NC(=S)NC3=O)c3ccccn23)cc1. The molecule has 134 valence electrons. The van der Waals surface area contributed by atoms with E-state index in [1.165, 1.54) is 6.08 Å². The van der Waals surface area contributed by atoms with Crippen LogP contribution in [0.5, 0.6) is 5.75 Å². The van der Waals surface area contributed by atoms with Crippen molar-refractivity contribution in [1.29, 1.82) is 0 Å². The van der Waals surface area contributed by atoms with Crippen molar-refractivity contribution in [3.05, 3.63) is 59.9 Å². The molecule has 0 atom stereocenters. The van der Waals surface area contributed by atoms with Crippen LogP contribution in [0.1, 0.15) is 5.69 Å². The summed E-state index contributed by atoms with van der Waals surface area (Å²) in [5, 5.41) is 4.84. The number of hydrogen-bond acceptors (Lipinski definition) is 5. The van der Waals surface area contributed by atoms with E-state index in [0.29, 0.717) is 11.5 Å². The fourth-order valence-corrected chi connectivity index (χ4v) is 3.04. The Morgan fingerprint density at radius 3 is 2.44 bits per heavy atom. The number of nitrogens with one attached hydrogen (secondary N) is 2. The molecule has 1 saturated heterocycles. The van der Waals surface area contributed by atoms with Gasteiger partial charge in [-0.3, -0.25) is 24.6 Å². The predicted molar refractivity (Wildman–Crippen MR) is 104 cm³/mol. The highest BCUT2D eigenvalue weighted by molar-refractivity contribution is 7.80. The second-order valence-corrected chi connectivity index (χ2v) is 6.21. The van der Waals surface area contributed by atoms with Crippen LogP contribution in [0.2, 0.25) is 0 Å². The number of nitrogens with zero attached hydrogens (tertiary/aromatic N) is 2. The molecule has 0 bridgehead atoms. The number of methoxy groups -OCH3 is 1. The molecule has 8 heteroatoms. The highest BCUT2D eigenvalue weighted by Gasteiger charge is 2.26. The van der Waals surface area contributed by atoms with Crippen molar-refractivity contribution in [3.63, 3.8) is 0 Å². The Balaban J connectivity index is 1.85. The van der Waals surface area contributed by atoms with Crippen LogP contribution in [0.3, 0.4) is 0 Å². The lowest BCUT2D eigenvalue weighted by Crippen LogP contribution is -2.51. The van der Waals surface area contributed by atoms with Gasteiger partial charge in [0.05, 0.1) is 18.3 Å². The minimum atomic E-state index is -0.549. The van der Waals surface area contributed by atoms with Gasteiger partial charge in [0.15, 0.2) is 5.11 Å². The van der Waals surface area contributed by atoms with Gasteiger partial charge in [-0.15, -0.1) is 0 Å². The number of rotatable bonds is 3. The molecule has 27 heavy (non-hydrogen) atoms. The zero-order valence-corrected chi connectivity index (χ0v) is 15.0. The lowest BCUT2D eigenvalue weighted by molar-refractivity contribution is -0.123. The van der Waals surface area contributed by atoms with Gasteiger partial charge in [-0.05, 0) is 54.7 Å². The molecule has 1 aliphatic heterocycles. The predicted octanol–water partition coefficient (Wildman–Crippen LogP) is 1.92. The second kappa shape index (κ2) is 6.65. The Labute approximate surface area is 159 Å². The van der Waals surface area contributed by atoms with Crippen molar-refractivity contribution in [2.45, 2.75) is 0 Å². The molecule has 7 nitrogen and oxygen atoms in total. The summed E-state index contributed by atoms with van der Waals surface area (Å²) in [7, 11) is 1.61. The third kappa shape index (κ3) is 3.06. The van der Waals surface area contributed by atoms with E-state index >= 15 is 0 Å². The van der Waals surface area contributed by atoms with Gasteiger partial charge in [-0.25, -0.2) is 4.98 Å². The topological polar surface area (TPSA) is 84.7 Å². The maximum atomic E-state index is 12.1. The van der Waals surface area contributed by atoms with Crippen LogP contribution < -0.4 is 15.4 Å². The summed E-state index contributed by atoms with van der Waals surface area (Å²) in [4.78, 5) is 28.9. The van der Waals surface area contributed by atoms with Crippen molar-refractivity contribution in [1.82, 2.24) is 20.0 Å². The zero-order chi connectivity index (χ0) is 19.0. The van der Waals surface area contributed by atoms with Crippen molar-refractivity contribution in [2.24, 2.45) is 0 Å². The molecule has 1 aromatic carbocycles. The summed E-state index contributed by atoms with van der Waals surface area (Å²) in [6.45, 7) is 0. The average molecular weight is 378 g/mol. The van der Waals surface area contributed by atoms with Gasteiger partial charge >= 0.3 is 0 Å². The van der Waals surface area contributed by atoms with E-state index in [1.54, 1.807) is 7.11 Å². The fraction of sp³-hybridized carbons (Fsp3) is 0.0526. The summed E-state index contributed by atoms with van der Waals surface area (Å²) in [6.07, 6.45) is 3.34. The minimum absolute atomic E-state index is 0.00392. The second-order valence-electron chi connectivity index (χ2n) is 5.80. The van der Waals surface area contributed by atoms with Crippen LogP contribution in [0, 0.1) is 0 Å². The maximum Gasteiger partial charge on any atom is 0.263 e. The molecule has 2 amide bonds. The molecule has 2 aromatic heterocycles. The number of carbonyl (C=O) groups excluding carboxylic acids is 2. The molecule has 2 N–H and O–H groups in total. The van der Waals surface area contributed by atoms with E-state index in [9.17, 15) is 9.59 Å². The Morgan fingerprint density at radius 1 is 1.07 bits per heavy atom. The van der Waals surface area contributed by atoms with Crippen LogP contribution in [0.15, 0.2) is 54.2 Å². The van der Waals surface area contributed by atoms with E-state index in [2.05, 4.69) is 15.6 Å². The first kappa shape index (κ1) is 16.9. The Morgan fingerprint density at radius 2 is 1.78 bits per heavy atom. The normalized spacial score (nSPS) is 14.1. The molecule has 3 heterocycles. The number of imidazole rings is 1. The number of thiocarbonyl (C=S) groups is 1. The summed E-state index contributed by atoms with van der Waals surface area (Å²) < 4.78 is 7.09. The molecule has 0 radical (unpaired) electrons. The Bertz CT molecular complexity index is 1090. The third-order valence-electron chi connectivity index (χ3n) is 4.15. The Kier molecular flexibility index (Phi) is 4.17. The van der Waals surface area contributed by atoms with Gasteiger partial charge in [0.2, 0.25) is 0 Å². The maximum absolute atomic E-state index is 12.1. The Hall–Kier alpha value is -3.52. The van der Waals surface area contributed by atoms with Crippen LogP contribution in [-0.4, -0.2) is 33.4 Å². The number of ether oxygens (including phenoxy) is 1. The number of pyridine rings is 1. The average Bonchev–Trinajstić information content (AvgIpc) is 3.03.